The molecule has 0 aliphatic carbocycles. The molecule has 3 rings (SSSR count). The first kappa shape index (κ1) is 14.2. The van der Waals surface area contributed by atoms with Gasteiger partial charge >= 0.3 is 0 Å². The van der Waals surface area contributed by atoms with Crippen molar-refractivity contribution in [2.75, 3.05) is 6.54 Å². The third kappa shape index (κ3) is 2.99. The van der Waals surface area contributed by atoms with Crippen LogP contribution in [0.25, 0.3) is 10.9 Å². The lowest BCUT2D eigenvalue weighted by atomic mass is 9.98. The van der Waals surface area contributed by atoms with Crippen LogP contribution in [0.1, 0.15) is 36.1 Å². The predicted octanol–water partition coefficient (Wildman–Crippen LogP) is 4.69. The van der Waals surface area contributed by atoms with Crippen molar-refractivity contribution in [3.63, 3.8) is 0 Å². The van der Waals surface area contributed by atoms with Gasteiger partial charge in [0.1, 0.15) is 0 Å². The minimum Gasteiger partial charge on any atom is -0.306 e. The molecule has 0 spiro atoms. The van der Waals surface area contributed by atoms with Gasteiger partial charge in [-0.25, -0.2) is 0 Å². The second-order valence-corrected chi connectivity index (χ2v) is 6.10. The van der Waals surface area contributed by atoms with Crippen molar-refractivity contribution in [3.8, 4) is 0 Å². The first-order valence-electron chi connectivity index (χ1n) is 7.40. The summed E-state index contributed by atoms with van der Waals surface area (Å²) in [5, 5.41) is 9.32. The molecule has 0 aliphatic rings. The minimum absolute atomic E-state index is 0.230. The first-order chi connectivity index (χ1) is 10.3. The Balaban J connectivity index is 2.03. The monoisotopic (exact) mass is 296 g/mol. The number of hydrogen-bond donors (Lipinski definition) is 1. The van der Waals surface area contributed by atoms with Gasteiger partial charge in [-0.15, -0.1) is 0 Å². The van der Waals surface area contributed by atoms with Gasteiger partial charge in [0.05, 0.1) is 11.6 Å². The Morgan fingerprint density at radius 3 is 2.86 bits per heavy atom. The van der Waals surface area contributed by atoms with Crippen LogP contribution in [0.4, 0.5) is 0 Å². The normalized spacial score (nSPS) is 12.7. The highest BCUT2D eigenvalue weighted by Crippen LogP contribution is 2.28. The Bertz CT molecular complexity index is 733. The Kier molecular flexibility index (Phi) is 4.32. The van der Waals surface area contributed by atoms with Crippen LogP contribution < -0.4 is 5.32 Å². The number of para-hydroxylation sites is 1. The maximum Gasteiger partial charge on any atom is 0.0702 e. The summed E-state index contributed by atoms with van der Waals surface area (Å²) in [7, 11) is 0. The number of hydrogen-bond acceptors (Lipinski definition) is 3. The topological polar surface area (TPSA) is 24.9 Å². The number of nitrogens with zero attached hydrogens (tertiary/aromatic N) is 1. The van der Waals surface area contributed by atoms with Gasteiger partial charge in [0, 0.05) is 11.6 Å². The standard InChI is InChI=1S/C18H20N2S/c1-3-8-19-18(16-12-21-11-13(16)2)15-9-14-6-4-5-7-17(14)20-10-15/h4-7,9-12,18-19H,3,8H2,1-2H3. The number of fused-ring (bicyclic) bond motifs is 1. The summed E-state index contributed by atoms with van der Waals surface area (Å²) in [6.07, 6.45) is 3.13. The van der Waals surface area contributed by atoms with Gasteiger partial charge in [0.25, 0.3) is 0 Å². The first-order valence-corrected chi connectivity index (χ1v) is 8.34. The van der Waals surface area contributed by atoms with Crippen molar-refractivity contribution in [2.24, 2.45) is 0 Å². The highest BCUT2D eigenvalue weighted by Gasteiger charge is 2.17. The van der Waals surface area contributed by atoms with Gasteiger partial charge in [-0.05, 0) is 59.5 Å². The van der Waals surface area contributed by atoms with Crippen LogP contribution >= 0.6 is 11.3 Å². The van der Waals surface area contributed by atoms with Crippen LogP contribution in [0.5, 0.6) is 0 Å². The van der Waals surface area contributed by atoms with Gasteiger partial charge < -0.3 is 5.32 Å². The van der Waals surface area contributed by atoms with E-state index in [1.54, 1.807) is 11.3 Å². The van der Waals surface area contributed by atoms with Crippen molar-refractivity contribution in [1.29, 1.82) is 0 Å². The fourth-order valence-corrected chi connectivity index (χ4v) is 3.48. The zero-order chi connectivity index (χ0) is 14.7. The van der Waals surface area contributed by atoms with E-state index in [1.807, 2.05) is 12.3 Å². The summed E-state index contributed by atoms with van der Waals surface area (Å²) in [5.74, 6) is 0. The van der Waals surface area contributed by atoms with Crippen LogP contribution in [0.15, 0.2) is 47.3 Å². The molecule has 0 saturated heterocycles. The second kappa shape index (κ2) is 6.37. The van der Waals surface area contributed by atoms with Crippen LogP contribution in [0.3, 0.4) is 0 Å². The molecule has 21 heavy (non-hydrogen) atoms. The van der Waals surface area contributed by atoms with Crippen LogP contribution in [-0.2, 0) is 0 Å². The van der Waals surface area contributed by atoms with Gasteiger partial charge in [0.15, 0.2) is 0 Å². The Hall–Kier alpha value is -1.71. The molecule has 2 heterocycles. The summed E-state index contributed by atoms with van der Waals surface area (Å²) < 4.78 is 0. The van der Waals surface area contributed by atoms with Crippen LogP contribution in [0.2, 0.25) is 0 Å². The van der Waals surface area contributed by atoms with E-state index in [4.69, 9.17) is 0 Å². The molecule has 0 radical (unpaired) electrons. The number of aryl methyl sites for hydroxylation is 1. The number of benzene rings is 1. The lowest BCUT2D eigenvalue weighted by molar-refractivity contribution is 0.597. The minimum atomic E-state index is 0.230. The van der Waals surface area contributed by atoms with Gasteiger partial charge in [0.2, 0.25) is 0 Å². The highest BCUT2D eigenvalue weighted by atomic mass is 32.1. The zero-order valence-corrected chi connectivity index (χ0v) is 13.3. The van der Waals surface area contributed by atoms with E-state index in [0.29, 0.717) is 0 Å². The molecule has 2 nitrogen and oxygen atoms in total. The summed E-state index contributed by atoms with van der Waals surface area (Å²) in [4.78, 5) is 4.61. The molecule has 108 valence electrons. The summed E-state index contributed by atoms with van der Waals surface area (Å²) >= 11 is 1.77. The number of thiophene rings is 1. The maximum absolute atomic E-state index is 4.61. The van der Waals surface area contributed by atoms with Gasteiger partial charge in [-0.3, -0.25) is 4.98 Å². The Labute approximate surface area is 129 Å². The summed E-state index contributed by atoms with van der Waals surface area (Å²) in [6, 6.07) is 10.8. The van der Waals surface area contributed by atoms with Crippen molar-refractivity contribution in [2.45, 2.75) is 26.3 Å². The Morgan fingerprint density at radius 1 is 1.24 bits per heavy atom. The largest absolute Gasteiger partial charge is 0.306 e. The highest BCUT2D eigenvalue weighted by molar-refractivity contribution is 7.08. The van der Waals surface area contributed by atoms with Crippen molar-refractivity contribution in [1.82, 2.24) is 10.3 Å². The molecule has 1 N–H and O–H groups in total. The molecule has 0 saturated carbocycles. The van der Waals surface area contributed by atoms with Crippen LogP contribution in [0, 0.1) is 6.92 Å². The summed E-state index contributed by atoms with van der Waals surface area (Å²) in [6.45, 7) is 5.39. The number of pyridine rings is 1. The lowest BCUT2D eigenvalue weighted by Crippen LogP contribution is -2.23. The fourth-order valence-electron chi connectivity index (χ4n) is 2.61. The third-order valence-electron chi connectivity index (χ3n) is 3.75. The predicted molar refractivity (Wildman–Crippen MR) is 90.9 cm³/mol. The van der Waals surface area contributed by atoms with E-state index in [2.05, 4.69) is 59.2 Å². The van der Waals surface area contributed by atoms with E-state index < -0.39 is 0 Å². The average Bonchev–Trinajstić information content (AvgIpc) is 2.94. The maximum atomic E-state index is 4.61. The SMILES string of the molecule is CCCNC(c1cnc2ccccc2c1)c1cscc1C. The van der Waals surface area contributed by atoms with E-state index in [9.17, 15) is 0 Å². The Morgan fingerprint density at radius 2 is 2.10 bits per heavy atom. The van der Waals surface area contributed by atoms with E-state index in [0.717, 1.165) is 18.5 Å². The molecule has 0 amide bonds. The van der Waals surface area contributed by atoms with Gasteiger partial charge in [-0.2, -0.15) is 11.3 Å². The molecular weight excluding hydrogens is 276 g/mol. The average molecular weight is 296 g/mol. The third-order valence-corrected chi connectivity index (χ3v) is 4.63. The molecule has 0 bridgehead atoms. The van der Waals surface area contributed by atoms with E-state index in [-0.39, 0.29) is 6.04 Å². The molecular formula is C18H20N2S. The lowest BCUT2D eigenvalue weighted by Gasteiger charge is -2.19. The fraction of sp³-hybridized carbons (Fsp3) is 0.278. The molecule has 2 aromatic heterocycles. The number of aromatic nitrogens is 1. The van der Waals surface area contributed by atoms with Gasteiger partial charge in [-0.1, -0.05) is 25.1 Å². The summed E-state index contributed by atoms with van der Waals surface area (Å²) in [5.41, 5.74) is 5.01. The van der Waals surface area contributed by atoms with Crippen molar-refractivity contribution < 1.29 is 0 Å². The molecule has 1 aromatic carbocycles. The number of rotatable bonds is 5. The quantitative estimate of drug-likeness (QED) is 0.738. The van der Waals surface area contributed by atoms with Crippen molar-refractivity contribution in [3.05, 3.63) is 64.0 Å². The smallest absolute Gasteiger partial charge is 0.0702 e. The second-order valence-electron chi connectivity index (χ2n) is 5.36. The molecule has 1 unspecified atom stereocenters. The van der Waals surface area contributed by atoms with Crippen LogP contribution in [-0.4, -0.2) is 11.5 Å². The molecule has 1 atom stereocenters. The molecule has 3 aromatic rings. The zero-order valence-electron chi connectivity index (χ0n) is 12.5. The number of nitrogens with one attached hydrogen (secondary N) is 1. The molecule has 0 fully saturated rings. The van der Waals surface area contributed by atoms with E-state index >= 15 is 0 Å². The van der Waals surface area contributed by atoms with E-state index in [1.165, 1.54) is 22.1 Å². The molecule has 0 aliphatic heterocycles. The molecule has 3 heteroatoms. The van der Waals surface area contributed by atoms with Crippen molar-refractivity contribution >= 4 is 22.2 Å².